The number of esters is 1. The van der Waals surface area contributed by atoms with E-state index in [2.05, 4.69) is 4.74 Å². The van der Waals surface area contributed by atoms with Crippen molar-refractivity contribution in [2.24, 2.45) is 0 Å². The van der Waals surface area contributed by atoms with Gasteiger partial charge in [0.25, 0.3) is 0 Å². The fourth-order valence-electron chi connectivity index (χ4n) is 0.355. The summed E-state index contributed by atoms with van der Waals surface area (Å²) in [5.74, 6) is -0.313. The zero-order valence-electron chi connectivity index (χ0n) is 6.09. The van der Waals surface area contributed by atoms with Gasteiger partial charge in [-0.3, -0.25) is 9.59 Å². The minimum atomic E-state index is -0.389. The number of aldehydes is 1. The van der Waals surface area contributed by atoms with Crippen LogP contribution in [0.5, 0.6) is 0 Å². The van der Waals surface area contributed by atoms with E-state index in [0.717, 1.165) is 0 Å². The van der Waals surface area contributed by atoms with E-state index in [-0.39, 0.29) is 18.1 Å². The standard InChI is InChI=1S/C7H10O3/c1-3-6(5-8)10-7(9)4-2/h3,5H,4H2,1-2H3. The molecule has 0 rings (SSSR count). The van der Waals surface area contributed by atoms with E-state index >= 15 is 0 Å². The molecule has 0 aliphatic heterocycles. The maximum atomic E-state index is 10.5. The summed E-state index contributed by atoms with van der Waals surface area (Å²) in [6.07, 6.45) is 2.24. The first-order valence-corrected chi connectivity index (χ1v) is 3.06. The van der Waals surface area contributed by atoms with Gasteiger partial charge in [-0.25, -0.2) is 0 Å². The van der Waals surface area contributed by atoms with Gasteiger partial charge in [0.15, 0.2) is 12.0 Å². The van der Waals surface area contributed by atoms with Gasteiger partial charge in [-0.15, -0.1) is 0 Å². The lowest BCUT2D eigenvalue weighted by Crippen LogP contribution is -2.02. The summed E-state index contributed by atoms with van der Waals surface area (Å²) in [5.41, 5.74) is 0. The molecule has 3 heteroatoms. The van der Waals surface area contributed by atoms with E-state index < -0.39 is 0 Å². The van der Waals surface area contributed by atoms with Crippen LogP contribution in [0.3, 0.4) is 0 Å². The molecule has 0 aromatic rings. The number of ether oxygens (including phenoxy) is 1. The summed E-state index contributed by atoms with van der Waals surface area (Å²) < 4.78 is 4.55. The van der Waals surface area contributed by atoms with Crippen molar-refractivity contribution in [1.29, 1.82) is 0 Å². The topological polar surface area (TPSA) is 43.4 Å². The molecule has 0 heterocycles. The van der Waals surface area contributed by atoms with E-state index in [1.165, 1.54) is 6.08 Å². The van der Waals surface area contributed by atoms with Gasteiger partial charge in [0.05, 0.1) is 0 Å². The van der Waals surface area contributed by atoms with Crippen molar-refractivity contribution >= 4 is 12.3 Å². The highest BCUT2D eigenvalue weighted by molar-refractivity contribution is 5.78. The molecular weight excluding hydrogens is 132 g/mol. The van der Waals surface area contributed by atoms with E-state index in [1.807, 2.05) is 0 Å². The van der Waals surface area contributed by atoms with Gasteiger partial charge in [-0.05, 0) is 13.0 Å². The lowest BCUT2D eigenvalue weighted by atomic mass is 10.5. The predicted octanol–water partition coefficient (Wildman–Crippen LogP) is 1.04. The Balaban J connectivity index is 3.87. The quantitative estimate of drug-likeness (QED) is 0.256. The zero-order chi connectivity index (χ0) is 7.98. The molecule has 0 saturated carbocycles. The van der Waals surface area contributed by atoms with Crippen LogP contribution in [0.1, 0.15) is 20.3 Å². The Hall–Kier alpha value is -1.12. The molecule has 0 spiro atoms. The lowest BCUT2D eigenvalue weighted by Gasteiger charge is -1.97. The summed E-state index contributed by atoms with van der Waals surface area (Å²) >= 11 is 0. The number of rotatable bonds is 3. The first-order valence-electron chi connectivity index (χ1n) is 3.06. The molecule has 0 radical (unpaired) electrons. The Bertz CT molecular complexity index is 158. The summed E-state index contributed by atoms with van der Waals surface area (Å²) in [6, 6.07) is 0. The third kappa shape index (κ3) is 3.02. The van der Waals surface area contributed by atoms with Crippen molar-refractivity contribution in [3.63, 3.8) is 0 Å². The van der Waals surface area contributed by atoms with Crippen LogP contribution in [0.25, 0.3) is 0 Å². The highest BCUT2D eigenvalue weighted by Crippen LogP contribution is 1.94. The maximum Gasteiger partial charge on any atom is 0.310 e. The molecule has 56 valence electrons. The summed E-state index contributed by atoms with van der Waals surface area (Å²) in [4.78, 5) is 20.6. The van der Waals surface area contributed by atoms with Crippen LogP contribution in [-0.4, -0.2) is 12.3 Å². The van der Waals surface area contributed by atoms with Gasteiger partial charge in [0.1, 0.15) is 0 Å². The third-order valence-corrected chi connectivity index (χ3v) is 0.921. The monoisotopic (exact) mass is 142 g/mol. The molecule has 0 saturated heterocycles. The van der Waals surface area contributed by atoms with Crippen molar-refractivity contribution in [2.45, 2.75) is 20.3 Å². The smallest absolute Gasteiger partial charge is 0.310 e. The Morgan fingerprint density at radius 1 is 1.60 bits per heavy atom. The molecule has 10 heavy (non-hydrogen) atoms. The number of carbonyl (C=O) groups is 2. The van der Waals surface area contributed by atoms with Gasteiger partial charge >= 0.3 is 5.97 Å². The van der Waals surface area contributed by atoms with Crippen LogP contribution in [-0.2, 0) is 14.3 Å². The first-order chi connectivity index (χ1) is 4.74. The van der Waals surface area contributed by atoms with Crippen molar-refractivity contribution < 1.29 is 14.3 Å². The minimum absolute atomic E-state index is 0.0758. The molecular formula is C7H10O3. The van der Waals surface area contributed by atoms with E-state index in [1.54, 1.807) is 13.8 Å². The molecule has 0 N–H and O–H groups in total. The van der Waals surface area contributed by atoms with Crippen LogP contribution in [0.4, 0.5) is 0 Å². The molecule has 0 fully saturated rings. The van der Waals surface area contributed by atoms with Crippen LogP contribution < -0.4 is 0 Å². The molecule has 0 amide bonds. The Morgan fingerprint density at radius 3 is 2.50 bits per heavy atom. The van der Waals surface area contributed by atoms with E-state index in [4.69, 9.17) is 0 Å². The molecule has 0 aliphatic carbocycles. The molecule has 0 aromatic heterocycles. The van der Waals surface area contributed by atoms with Crippen molar-refractivity contribution in [3.05, 3.63) is 11.8 Å². The van der Waals surface area contributed by atoms with Gasteiger partial charge in [-0.1, -0.05) is 6.92 Å². The molecule has 0 atom stereocenters. The summed E-state index contributed by atoms with van der Waals surface area (Å²) in [6.45, 7) is 3.30. The van der Waals surface area contributed by atoms with E-state index in [0.29, 0.717) is 6.29 Å². The van der Waals surface area contributed by atoms with Crippen molar-refractivity contribution in [1.82, 2.24) is 0 Å². The molecule has 0 aromatic carbocycles. The molecule has 0 aliphatic rings. The highest BCUT2D eigenvalue weighted by Gasteiger charge is 2.00. The van der Waals surface area contributed by atoms with Crippen LogP contribution in [0, 0.1) is 0 Å². The lowest BCUT2D eigenvalue weighted by molar-refractivity contribution is -0.140. The predicted molar refractivity (Wildman–Crippen MR) is 36.2 cm³/mol. The average Bonchev–Trinajstić information content (AvgIpc) is 1.99. The Morgan fingerprint density at radius 2 is 2.20 bits per heavy atom. The van der Waals surface area contributed by atoms with Gasteiger partial charge in [0.2, 0.25) is 0 Å². The van der Waals surface area contributed by atoms with Crippen LogP contribution >= 0.6 is 0 Å². The molecule has 0 bridgehead atoms. The van der Waals surface area contributed by atoms with Crippen molar-refractivity contribution in [2.75, 3.05) is 0 Å². The van der Waals surface area contributed by atoms with Gasteiger partial charge in [-0.2, -0.15) is 0 Å². The normalized spacial score (nSPS) is 10.8. The van der Waals surface area contributed by atoms with Gasteiger partial charge in [0, 0.05) is 6.42 Å². The second-order valence-corrected chi connectivity index (χ2v) is 1.64. The number of carbonyl (C=O) groups excluding carboxylic acids is 2. The second-order valence-electron chi connectivity index (χ2n) is 1.64. The van der Waals surface area contributed by atoms with Crippen LogP contribution in [0.2, 0.25) is 0 Å². The highest BCUT2D eigenvalue weighted by atomic mass is 16.5. The number of hydrogen-bond donors (Lipinski definition) is 0. The van der Waals surface area contributed by atoms with Crippen LogP contribution in [0.15, 0.2) is 11.8 Å². The van der Waals surface area contributed by atoms with Crippen molar-refractivity contribution in [3.8, 4) is 0 Å². The zero-order valence-corrected chi connectivity index (χ0v) is 6.09. The SMILES string of the molecule is CC=C(C=O)OC(=O)CC. The summed E-state index contributed by atoms with van der Waals surface area (Å²) in [5, 5.41) is 0. The second kappa shape index (κ2) is 4.73. The largest absolute Gasteiger partial charge is 0.423 e. The molecule has 0 unspecified atom stereocenters. The molecule has 3 nitrogen and oxygen atoms in total. The third-order valence-electron chi connectivity index (χ3n) is 0.921. The Kier molecular flexibility index (Phi) is 4.20. The first kappa shape index (κ1) is 8.88. The van der Waals surface area contributed by atoms with Gasteiger partial charge < -0.3 is 4.74 Å². The maximum absolute atomic E-state index is 10.5. The average molecular weight is 142 g/mol. The fraction of sp³-hybridized carbons (Fsp3) is 0.429. The Labute approximate surface area is 59.7 Å². The van der Waals surface area contributed by atoms with E-state index in [9.17, 15) is 9.59 Å². The fourth-order valence-corrected chi connectivity index (χ4v) is 0.355. The number of hydrogen-bond acceptors (Lipinski definition) is 3. The number of allylic oxidation sites excluding steroid dienone is 2. The minimum Gasteiger partial charge on any atom is -0.423 e. The summed E-state index contributed by atoms with van der Waals surface area (Å²) in [7, 11) is 0.